The van der Waals surface area contributed by atoms with Gasteiger partial charge in [-0.05, 0) is 62.2 Å². The van der Waals surface area contributed by atoms with E-state index < -0.39 is 0 Å². The maximum Gasteiger partial charge on any atom is 0.290 e. The van der Waals surface area contributed by atoms with Crippen LogP contribution in [0.5, 0.6) is 0 Å². The van der Waals surface area contributed by atoms with Gasteiger partial charge in [-0.1, -0.05) is 41.4 Å². The number of unbranched alkanes of at least 4 members (excludes halogenated alkanes) is 1. The number of furan rings is 1. The highest BCUT2D eigenvalue weighted by molar-refractivity contribution is 9.10. The maximum atomic E-state index is 13.4. The molecular formula is C26H32BrN3O3. The van der Waals surface area contributed by atoms with Crippen molar-refractivity contribution < 1.29 is 14.0 Å². The molecule has 2 amide bonds. The lowest BCUT2D eigenvalue weighted by Gasteiger charge is -2.30. The number of halogens is 1. The van der Waals surface area contributed by atoms with Crippen LogP contribution in [-0.2, 0) is 17.9 Å². The van der Waals surface area contributed by atoms with E-state index in [9.17, 15) is 9.59 Å². The standard InChI is InChI=1S/C26H32BrN3O3/c1-4-5-14-29(25(31)19-30(20(2)3)26(32)24-9-7-16-33-24)18-23-8-6-15-28(23)17-21-10-12-22(27)13-11-21/h6-13,15-16,20H,4-5,14,17-19H2,1-3H3. The predicted octanol–water partition coefficient (Wildman–Crippen LogP) is 5.57. The molecule has 3 rings (SSSR count). The number of aromatic nitrogens is 1. The van der Waals surface area contributed by atoms with E-state index in [-0.39, 0.29) is 30.2 Å². The van der Waals surface area contributed by atoms with Gasteiger partial charge in [-0.15, -0.1) is 0 Å². The minimum Gasteiger partial charge on any atom is -0.459 e. The highest BCUT2D eigenvalue weighted by Gasteiger charge is 2.26. The van der Waals surface area contributed by atoms with Crippen LogP contribution in [0.1, 0.15) is 55.4 Å². The van der Waals surface area contributed by atoms with E-state index in [0.29, 0.717) is 13.1 Å². The lowest BCUT2D eigenvalue weighted by atomic mass is 10.2. The number of carbonyl (C=O) groups excluding carboxylic acids is 2. The Morgan fingerprint density at radius 1 is 1.09 bits per heavy atom. The lowest BCUT2D eigenvalue weighted by molar-refractivity contribution is -0.133. The van der Waals surface area contributed by atoms with Crippen LogP contribution in [0.2, 0.25) is 0 Å². The number of nitrogens with zero attached hydrogens (tertiary/aromatic N) is 3. The van der Waals surface area contributed by atoms with E-state index in [1.165, 1.54) is 11.8 Å². The average Bonchev–Trinajstić information content (AvgIpc) is 3.48. The van der Waals surface area contributed by atoms with Gasteiger partial charge in [0.25, 0.3) is 5.91 Å². The molecule has 0 saturated carbocycles. The molecule has 0 aliphatic heterocycles. The van der Waals surface area contributed by atoms with Gasteiger partial charge >= 0.3 is 0 Å². The van der Waals surface area contributed by atoms with Crippen molar-refractivity contribution in [3.05, 3.63) is 82.5 Å². The van der Waals surface area contributed by atoms with Crippen molar-refractivity contribution in [1.82, 2.24) is 14.4 Å². The Kier molecular flexibility index (Phi) is 8.95. The van der Waals surface area contributed by atoms with Crippen LogP contribution in [0.25, 0.3) is 0 Å². The van der Waals surface area contributed by atoms with E-state index in [4.69, 9.17) is 4.42 Å². The summed E-state index contributed by atoms with van der Waals surface area (Å²) in [6.45, 7) is 7.85. The third kappa shape index (κ3) is 6.84. The summed E-state index contributed by atoms with van der Waals surface area (Å²) >= 11 is 3.48. The Hall–Kier alpha value is -2.80. The fourth-order valence-corrected chi connectivity index (χ4v) is 3.91. The first-order valence-electron chi connectivity index (χ1n) is 11.4. The number of carbonyl (C=O) groups is 2. The highest BCUT2D eigenvalue weighted by atomic mass is 79.9. The predicted molar refractivity (Wildman–Crippen MR) is 133 cm³/mol. The SMILES string of the molecule is CCCCN(Cc1cccn1Cc1ccc(Br)cc1)C(=O)CN(C(=O)c1ccco1)C(C)C. The van der Waals surface area contributed by atoms with Crippen molar-refractivity contribution in [2.75, 3.05) is 13.1 Å². The van der Waals surface area contributed by atoms with Crippen LogP contribution in [0, 0.1) is 0 Å². The van der Waals surface area contributed by atoms with E-state index >= 15 is 0 Å². The minimum atomic E-state index is -0.266. The Bertz CT molecular complexity index is 1030. The second kappa shape index (κ2) is 11.9. The van der Waals surface area contributed by atoms with Crippen molar-refractivity contribution in [2.45, 2.75) is 52.7 Å². The molecule has 0 bridgehead atoms. The zero-order valence-electron chi connectivity index (χ0n) is 19.5. The zero-order chi connectivity index (χ0) is 23.8. The Morgan fingerprint density at radius 3 is 2.48 bits per heavy atom. The number of amides is 2. The molecule has 0 unspecified atom stereocenters. The number of benzene rings is 1. The van der Waals surface area contributed by atoms with Crippen LogP contribution in [0.15, 0.2) is 69.9 Å². The number of rotatable bonds is 11. The van der Waals surface area contributed by atoms with Crippen LogP contribution < -0.4 is 0 Å². The van der Waals surface area contributed by atoms with Crippen molar-refractivity contribution in [2.24, 2.45) is 0 Å². The molecule has 0 radical (unpaired) electrons. The third-order valence-corrected chi connectivity index (χ3v) is 6.13. The molecule has 176 valence electrons. The minimum absolute atomic E-state index is 0.0222. The molecule has 6 nitrogen and oxygen atoms in total. The van der Waals surface area contributed by atoms with Gasteiger partial charge in [0.05, 0.1) is 12.8 Å². The van der Waals surface area contributed by atoms with E-state index in [2.05, 4.69) is 45.6 Å². The molecule has 0 N–H and O–H groups in total. The maximum absolute atomic E-state index is 13.4. The Balaban J connectivity index is 1.74. The zero-order valence-corrected chi connectivity index (χ0v) is 21.1. The van der Waals surface area contributed by atoms with Crippen molar-refractivity contribution in [3.8, 4) is 0 Å². The van der Waals surface area contributed by atoms with Crippen LogP contribution in [-0.4, -0.2) is 45.3 Å². The van der Waals surface area contributed by atoms with Gasteiger partial charge in [0.1, 0.15) is 6.54 Å². The largest absolute Gasteiger partial charge is 0.459 e. The summed E-state index contributed by atoms with van der Waals surface area (Å²) in [4.78, 5) is 29.7. The summed E-state index contributed by atoms with van der Waals surface area (Å²) in [5.74, 6) is -0.0779. The molecule has 3 aromatic rings. The number of hydrogen-bond donors (Lipinski definition) is 0. The van der Waals surface area contributed by atoms with Gasteiger partial charge < -0.3 is 18.8 Å². The van der Waals surface area contributed by atoms with Crippen molar-refractivity contribution in [3.63, 3.8) is 0 Å². The highest BCUT2D eigenvalue weighted by Crippen LogP contribution is 2.16. The van der Waals surface area contributed by atoms with Crippen molar-refractivity contribution >= 4 is 27.7 Å². The molecular weight excluding hydrogens is 482 g/mol. The Morgan fingerprint density at radius 2 is 1.85 bits per heavy atom. The molecule has 0 saturated heterocycles. The molecule has 7 heteroatoms. The van der Waals surface area contributed by atoms with Crippen molar-refractivity contribution in [1.29, 1.82) is 0 Å². The second-order valence-electron chi connectivity index (χ2n) is 8.43. The Labute approximate surface area is 204 Å². The van der Waals surface area contributed by atoms with Gasteiger partial charge in [-0.3, -0.25) is 9.59 Å². The fraction of sp³-hybridized carbons (Fsp3) is 0.385. The lowest BCUT2D eigenvalue weighted by Crippen LogP contribution is -2.46. The van der Waals surface area contributed by atoms with Gasteiger partial charge in [0.2, 0.25) is 5.91 Å². The third-order valence-electron chi connectivity index (χ3n) is 5.60. The van der Waals surface area contributed by atoms with Crippen LogP contribution >= 0.6 is 15.9 Å². The molecule has 1 aromatic carbocycles. The summed E-state index contributed by atoms with van der Waals surface area (Å²) in [6, 6.07) is 15.5. The first-order chi connectivity index (χ1) is 15.9. The molecule has 0 aliphatic carbocycles. The van der Waals surface area contributed by atoms with Gasteiger partial charge in [-0.25, -0.2) is 0 Å². The molecule has 0 aliphatic rings. The van der Waals surface area contributed by atoms with Gasteiger partial charge in [0.15, 0.2) is 5.76 Å². The van der Waals surface area contributed by atoms with Gasteiger partial charge in [0, 0.05) is 35.5 Å². The van der Waals surface area contributed by atoms with Crippen LogP contribution in [0.3, 0.4) is 0 Å². The van der Waals surface area contributed by atoms with E-state index in [0.717, 1.165) is 29.6 Å². The molecule has 0 atom stereocenters. The first-order valence-corrected chi connectivity index (χ1v) is 12.2. The topological polar surface area (TPSA) is 58.7 Å². The summed E-state index contributed by atoms with van der Waals surface area (Å²) in [5, 5.41) is 0. The summed E-state index contributed by atoms with van der Waals surface area (Å²) in [5.41, 5.74) is 2.26. The van der Waals surface area contributed by atoms with E-state index in [1.54, 1.807) is 17.0 Å². The first kappa shape index (κ1) is 24.8. The summed E-state index contributed by atoms with van der Waals surface area (Å²) in [7, 11) is 0. The molecule has 0 fully saturated rings. The summed E-state index contributed by atoms with van der Waals surface area (Å²) in [6.07, 6.45) is 5.41. The van der Waals surface area contributed by atoms with E-state index in [1.807, 2.05) is 43.1 Å². The normalized spacial score (nSPS) is 11.1. The quantitative estimate of drug-likeness (QED) is 0.336. The average molecular weight is 514 g/mol. The summed E-state index contributed by atoms with van der Waals surface area (Å²) < 4.78 is 8.50. The van der Waals surface area contributed by atoms with Crippen LogP contribution in [0.4, 0.5) is 0 Å². The number of hydrogen-bond acceptors (Lipinski definition) is 3. The molecule has 0 spiro atoms. The second-order valence-corrected chi connectivity index (χ2v) is 9.34. The monoisotopic (exact) mass is 513 g/mol. The fourth-order valence-electron chi connectivity index (χ4n) is 3.65. The molecule has 2 heterocycles. The molecule has 2 aromatic heterocycles. The smallest absolute Gasteiger partial charge is 0.290 e. The van der Waals surface area contributed by atoms with Gasteiger partial charge in [-0.2, -0.15) is 0 Å². The molecule has 33 heavy (non-hydrogen) atoms.